The van der Waals surface area contributed by atoms with Crippen molar-refractivity contribution in [2.24, 2.45) is 0 Å². The van der Waals surface area contributed by atoms with Crippen molar-refractivity contribution in [1.82, 2.24) is 0 Å². The van der Waals surface area contributed by atoms with Crippen LogP contribution in [0.5, 0.6) is 0 Å². The maximum absolute atomic E-state index is 10.3. The molecule has 0 fully saturated rings. The molecule has 1 heterocycles. The Morgan fingerprint density at radius 3 is 2.75 bits per heavy atom. The number of carbonyl (C=O) groups is 1. The number of aldehydes is 1. The van der Waals surface area contributed by atoms with Gasteiger partial charge < -0.3 is 9.52 Å². The van der Waals surface area contributed by atoms with Gasteiger partial charge >= 0.3 is 0 Å². The van der Waals surface area contributed by atoms with Gasteiger partial charge in [0.25, 0.3) is 0 Å². The Morgan fingerprint density at radius 2 is 2.33 bits per heavy atom. The lowest BCUT2D eigenvalue weighted by Crippen LogP contribution is -2.21. The van der Waals surface area contributed by atoms with Crippen LogP contribution in [0.15, 0.2) is 16.7 Å². The van der Waals surface area contributed by atoms with Gasteiger partial charge in [-0.05, 0) is 19.9 Å². The molecule has 3 heteroatoms. The fourth-order valence-corrected chi connectivity index (χ4v) is 0.979. The number of furan rings is 1. The van der Waals surface area contributed by atoms with Crippen LogP contribution in [0.4, 0.5) is 0 Å². The number of hydrogen-bond donors (Lipinski definition) is 1. The summed E-state index contributed by atoms with van der Waals surface area (Å²) < 4.78 is 5.04. The Balaban J connectivity index is 2.70. The zero-order chi connectivity index (χ0) is 9.19. The van der Waals surface area contributed by atoms with E-state index < -0.39 is 5.60 Å². The quantitative estimate of drug-likeness (QED) is 0.694. The molecule has 1 aromatic heterocycles. The minimum atomic E-state index is -0.794. The first-order valence-corrected chi connectivity index (χ1v) is 3.76. The van der Waals surface area contributed by atoms with Gasteiger partial charge in [-0.2, -0.15) is 0 Å². The van der Waals surface area contributed by atoms with Crippen LogP contribution >= 0.6 is 0 Å². The van der Waals surface area contributed by atoms with Gasteiger partial charge in [-0.15, -0.1) is 0 Å². The van der Waals surface area contributed by atoms with Crippen LogP contribution in [0.25, 0.3) is 0 Å². The molecular formula is C9H12O3. The second-order valence-electron chi connectivity index (χ2n) is 3.45. The topological polar surface area (TPSA) is 50.4 Å². The van der Waals surface area contributed by atoms with E-state index >= 15 is 0 Å². The second-order valence-corrected chi connectivity index (χ2v) is 3.45. The summed E-state index contributed by atoms with van der Waals surface area (Å²) in [5.41, 5.74) is -0.285. The highest BCUT2D eigenvalue weighted by Gasteiger charge is 2.15. The van der Waals surface area contributed by atoms with E-state index in [0.29, 0.717) is 17.7 Å². The van der Waals surface area contributed by atoms with Crippen molar-refractivity contribution in [3.05, 3.63) is 23.7 Å². The van der Waals surface area contributed by atoms with Crippen LogP contribution in [0.3, 0.4) is 0 Å². The molecular weight excluding hydrogens is 156 g/mol. The van der Waals surface area contributed by atoms with Gasteiger partial charge in [-0.25, -0.2) is 0 Å². The summed E-state index contributed by atoms with van der Waals surface area (Å²) in [4.78, 5) is 10.3. The van der Waals surface area contributed by atoms with Crippen molar-refractivity contribution in [2.45, 2.75) is 25.9 Å². The predicted molar refractivity (Wildman–Crippen MR) is 44.1 cm³/mol. The van der Waals surface area contributed by atoms with Crippen LogP contribution in [-0.2, 0) is 6.42 Å². The van der Waals surface area contributed by atoms with Crippen molar-refractivity contribution < 1.29 is 14.3 Å². The van der Waals surface area contributed by atoms with E-state index in [4.69, 9.17) is 4.42 Å². The molecule has 66 valence electrons. The van der Waals surface area contributed by atoms with E-state index in [2.05, 4.69) is 0 Å². The highest BCUT2D eigenvalue weighted by Crippen LogP contribution is 2.14. The first-order valence-electron chi connectivity index (χ1n) is 3.76. The van der Waals surface area contributed by atoms with E-state index in [-0.39, 0.29) is 0 Å². The van der Waals surface area contributed by atoms with E-state index in [1.54, 1.807) is 19.9 Å². The van der Waals surface area contributed by atoms with Crippen molar-refractivity contribution in [3.63, 3.8) is 0 Å². The highest BCUT2D eigenvalue weighted by atomic mass is 16.3. The van der Waals surface area contributed by atoms with Gasteiger partial charge in [-0.1, -0.05) is 0 Å². The Morgan fingerprint density at radius 1 is 1.67 bits per heavy atom. The molecule has 0 aliphatic carbocycles. The Labute approximate surface area is 71.0 Å². The van der Waals surface area contributed by atoms with E-state index in [9.17, 15) is 9.90 Å². The van der Waals surface area contributed by atoms with Crippen molar-refractivity contribution in [1.29, 1.82) is 0 Å². The summed E-state index contributed by atoms with van der Waals surface area (Å²) >= 11 is 0. The molecule has 1 aromatic rings. The third-order valence-electron chi connectivity index (χ3n) is 1.42. The average Bonchev–Trinajstić information content (AvgIpc) is 2.32. The monoisotopic (exact) mass is 168 g/mol. The SMILES string of the molecule is CC(C)(O)Cc1cc(C=O)co1. The lowest BCUT2D eigenvalue weighted by molar-refractivity contribution is 0.0752. The van der Waals surface area contributed by atoms with E-state index in [1.807, 2.05) is 0 Å². The molecule has 0 aliphatic heterocycles. The van der Waals surface area contributed by atoms with E-state index in [1.165, 1.54) is 6.26 Å². The largest absolute Gasteiger partial charge is 0.468 e. The predicted octanol–water partition coefficient (Wildman–Crippen LogP) is 1.41. The Bertz CT molecular complexity index is 268. The summed E-state index contributed by atoms with van der Waals surface area (Å²) in [6, 6.07) is 1.63. The molecule has 0 saturated heterocycles. The first kappa shape index (κ1) is 9.00. The minimum absolute atomic E-state index is 0.418. The van der Waals surface area contributed by atoms with Gasteiger partial charge in [-0.3, -0.25) is 4.79 Å². The molecule has 0 unspecified atom stereocenters. The Hall–Kier alpha value is -1.09. The average molecular weight is 168 g/mol. The zero-order valence-corrected chi connectivity index (χ0v) is 7.20. The normalized spacial score (nSPS) is 11.6. The van der Waals surface area contributed by atoms with Crippen LogP contribution in [0.2, 0.25) is 0 Å². The van der Waals surface area contributed by atoms with Crippen LogP contribution in [-0.4, -0.2) is 17.0 Å². The van der Waals surface area contributed by atoms with Crippen LogP contribution < -0.4 is 0 Å². The van der Waals surface area contributed by atoms with Gasteiger partial charge in [0.05, 0.1) is 11.2 Å². The number of rotatable bonds is 3. The molecule has 0 aliphatic rings. The first-order chi connectivity index (χ1) is 5.51. The molecule has 0 amide bonds. The maximum Gasteiger partial charge on any atom is 0.153 e. The molecule has 0 radical (unpaired) electrons. The van der Waals surface area contributed by atoms with Crippen LogP contribution in [0.1, 0.15) is 30.0 Å². The molecule has 0 bridgehead atoms. The molecule has 1 rings (SSSR count). The number of aliphatic hydroxyl groups is 1. The zero-order valence-electron chi connectivity index (χ0n) is 7.20. The number of carbonyl (C=O) groups excluding carboxylic acids is 1. The third kappa shape index (κ3) is 2.51. The maximum atomic E-state index is 10.3. The smallest absolute Gasteiger partial charge is 0.153 e. The fourth-order valence-electron chi connectivity index (χ4n) is 0.979. The van der Waals surface area contributed by atoms with Crippen molar-refractivity contribution in [3.8, 4) is 0 Å². The van der Waals surface area contributed by atoms with Crippen LogP contribution in [0, 0.1) is 0 Å². The minimum Gasteiger partial charge on any atom is -0.468 e. The lowest BCUT2D eigenvalue weighted by atomic mass is 10.0. The summed E-state index contributed by atoms with van der Waals surface area (Å²) in [6.07, 6.45) is 2.52. The fraction of sp³-hybridized carbons (Fsp3) is 0.444. The molecule has 0 spiro atoms. The second kappa shape index (κ2) is 3.11. The molecule has 0 atom stereocenters. The highest BCUT2D eigenvalue weighted by molar-refractivity contribution is 5.74. The van der Waals surface area contributed by atoms with Crippen molar-refractivity contribution >= 4 is 6.29 Å². The standard InChI is InChI=1S/C9H12O3/c1-9(2,11)4-8-3-7(5-10)6-12-8/h3,5-6,11H,4H2,1-2H3. The van der Waals surface area contributed by atoms with Gasteiger partial charge in [0.1, 0.15) is 12.0 Å². The van der Waals surface area contributed by atoms with Gasteiger partial charge in [0.2, 0.25) is 0 Å². The number of hydrogen-bond acceptors (Lipinski definition) is 3. The van der Waals surface area contributed by atoms with Crippen molar-refractivity contribution in [2.75, 3.05) is 0 Å². The van der Waals surface area contributed by atoms with Gasteiger partial charge in [0.15, 0.2) is 6.29 Å². The van der Waals surface area contributed by atoms with Gasteiger partial charge in [0, 0.05) is 6.42 Å². The summed E-state index contributed by atoms with van der Waals surface area (Å²) in [6.45, 7) is 3.38. The molecule has 12 heavy (non-hydrogen) atoms. The molecule has 3 nitrogen and oxygen atoms in total. The lowest BCUT2D eigenvalue weighted by Gasteiger charge is -2.14. The molecule has 1 N–H and O–H groups in total. The van der Waals surface area contributed by atoms with E-state index in [0.717, 1.165) is 6.29 Å². The summed E-state index contributed by atoms with van der Waals surface area (Å²) in [7, 11) is 0. The summed E-state index contributed by atoms with van der Waals surface area (Å²) in [5.74, 6) is 0.629. The Kier molecular flexibility index (Phi) is 2.33. The third-order valence-corrected chi connectivity index (χ3v) is 1.42. The molecule has 0 aromatic carbocycles. The molecule has 0 saturated carbocycles. The summed E-state index contributed by atoms with van der Waals surface area (Å²) in [5, 5.41) is 9.40.